The van der Waals surface area contributed by atoms with Gasteiger partial charge in [0.25, 0.3) is 5.91 Å². The summed E-state index contributed by atoms with van der Waals surface area (Å²) in [6, 6.07) is 14.5. The van der Waals surface area contributed by atoms with E-state index in [0.717, 1.165) is 15.9 Å². The summed E-state index contributed by atoms with van der Waals surface area (Å²) in [7, 11) is 0. The van der Waals surface area contributed by atoms with E-state index in [4.69, 9.17) is 0 Å². The highest BCUT2D eigenvalue weighted by Crippen LogP contribution is 2.32. The first-order chi connectivity index (χ1) is 14.7. The Morgan fingerprint density at radius 3 is 2.45 bits per heavy atom. The maximum absolute atomic E-state index is 13.6. The van der Waals surface area contributed by atoms with E-state index in [9.17, 15) is 9.59 Å². The molecule has 31 heavy (non-hydrogen) atoms. The van der Waals surface area contributed by atoms with Gasteiger partial charge in [-0.1, -0.05) is 51.1 Å². The molecule has 3 aromatic rings. The number of amides is 2. The van der Waals surface area contributed by atoms with Crippen LogP contribution in [0.4, 0.5) is 0 Å². The summed E-state index contributed by atoms with van der Waals surface area (Å²) in [6.45, 7) is 11.7. The van der Waals surface area contributed by atoms with E-state index in [2.05, 4.69) is 35.1 Å². The van der Waals surface area contributed by atoms with Crippen molar-refractivity contribution in [2.75, 3.05) is 19.6 Å². The molecule has 0 unspecified atom stereocenters. The Kier molecular flexibility index (Phi) is 5.69. The number of rotatable bonds is 3. The van der Waals surface area contributed by atoms with Crippen LogP contribution in [0.1, 0.15) is 56.7 Å². The summed E-state index contributed by atoms with van der Waals surface area (Å²) in [4.78, 5) is 31.4. The van der Waals surface area contributed by atoms with Gasteiger partial charge in [0.1, 0.15) is 10.5 Å². The second kappa shape index (κ2) is 8.15. The molecule has 0 aliphatic carbocycles. The van der Waals surface area contributed by atoms with Crippen molar-refractivity contribution in [2.45, 2.75) is 46.7 Å². The minimum Gasteiger partial charge on any atom is -0.336 e. The summed E-state index contributed by atoms with van der Waals surface area (Å²) in [6.07, 6.45) is 0. The quantitative estimate of drug-likeness (QED) is 0.577. The number of benzene rings is 1. The predicted molar refractivity (Wildman–Crippen MR) is 127 cm³/mol. The van der Waals surface area contributed by atoms with Gasteiger partial charge in [-0.05, 0) is 36.9 Å². The fourth-order valence-electron chi connectivity index (χ4n) is 4.41. The number of piperazine rings is 1. The molecule has 5 nitrogen and oxygen atoms in total. The van der Waals surface area contributed by atoms with Crippen LogP contribution in [0.25, 0.3) is 10.2 Å². The lowest BCUT2D eigenvalue weighted by Gasteiger charge is -2.42. The third-order valence-electron chi connectivity index (χ3n) is 6.15. The van der Waals surface area contributed by atoms with Gasteiger partial charge in [0.05, 0.1) is 6.04 Å². The predicted octanol–water partition coefficient (Wildman–Crippen LogP) is 5.03. The molecule has 6 heteroatoms. The molecule has 3 heterocycles. The molecule has 2 atom stereocenters. The molecule has 0 N–H and O–H groups in total. The van der Waals surface area contributed by atoms with Gasteiger partial charge in [-0.15, -0.1) is 11.3 Å². The second-order valence-electron chi connectivity index (χ2n) is 9.52. The van der Waals surface area contributed by atoms with Gasteiger partial charge < -0.3 is 14.4 Å². The van der Waals surface area contributed by atoms with Crippen molar-refractivity contribution in [3.8, 4) is 0 Å². The minimum atomic E-state index is -0.412. The Bertz CT molecular complexity index is 1090. The number of nitrogens with zero attached hydrogens (tertiary/aromatic N) is 3. The molecular formula is C25H31N3O2S. The van der Waals surface area contributed by atoms with Crippen LogP contribution >= 0.6 is 11.3 Å². The first-order valence-corrected chi connectivity index (χ1v) is 11.8. The van der Waals surface area contributed by atoms with Crippen molar-refractivity contribution < 1.29 is 9.59 Å². The standard InChI is InChI=1S/C25H31N3O2S/c1-17-16-26(12-13-27(17)24(30)25(3,4)5)22(29)21-15-20-11-14-31-23(20)28(21)18(2)19-9-7-6-8-10-19/h6-11,14-15,17-18H,12-13,16H2,1-5H3/t17-,18+/m0/s1. The molecule has 0 spiro atoms. The number of fused-ring (bicyclic) bond motifs is 1. The van der Waals surface area contributed by atoms with Gasteiger partial charge in [-0.2, -0.15) is 0 Å². The van der Waals surface area contributed by atoms with Crippen LogP contribution in [0, 0.1) is 5.41 Å². The fourth-order valence-corrected chi connectivity index (χ4v) is 5.39. The molecule has 1 saturated heterocycles. The number of thiophene rings is 1. The topological polar surface area (TPSA) is 45.6 Å². The Labute approximate surface area is 188 Å². The van der Waals surface area contributed by atoms with Crippen LogP contribution in [0.3, 0.4) is 0 Å². The molecule has 1 aliphatic rings. The third-order valence-corrected chi connectivity index (χ3v) is 7.08. The number of hydrogen-bond donors (Lipinski definition) is 0. The van der Waals surface area contributed by atoms with Crippen molar-refractivity contribution in [1.29, 1.82) is 0 Å². The Morgan fingerprint density at radius 2 is 1.81 bits per heavy atom. The van der Waals surface area contributed by atoms with Crippen LogP contribution in [0.2, 0.25) is 0 Å². The van der Waals surface area contributed by atoms with Crippen LogP contribution < -0.4 is 0 Å². The van der Waals surface area contributed by atoms with Crippen molar-refractivity contribution >= 4 is 33.4 Å². The smallest absolute Gasteiger partial charge is 0.270 e. The average molecular weight is 438 g/mol. The van der Waals surface area contributed by atoms with Crippen LogP contribution in [0.5, 0.6) is 0 Å². The van der Waals surface area contributed by atoms with E-state index in [1.165, 1.54) is 5.56 Å². The molecule has 1 fully saturated rings. The highest BCUT2D eigenvalue weighted by molar-refractivity contribution is 7.16. The monoisotopic (exact) mass is 437 g/mol. The summed E-state index contributed by atoms with van der Waals surface area (Å²) < 4.78 is 2.18. The number of hydrogen-bond acceptors (Lipinski definition) is 3. The highest BCUT2D eigenvalue weighted by Gasteiger charge is 2.36. The van der Waals surface area contributed by atoms with Gasteiger partial charge in [-0.3, -0.25) is 9.59 Å². The minimum absolute atomic E-state index is 0.000464. The summed E-state index contributed by atoms with van der Waals surface area (Å²) in [5.74, 6) is 0.189. The third kappa shape index (κ3) is 4.01. The molecular weight excluding hydrogens is 406 g/mol. The molecule has 0 saturated carbocycles. The van der Waals surface area contributed by atoms with E-state index in [1.54, 1.807) is 11.3 Å². The van der Waals surface area contributed by atoms with Gasteiger partial charge in [0.2, 0.25) is 5.91 Å². The number of aromatic nitrogens is 1. The molecule has 0 bridgehead atoms. The van der Waals surface area contributed by atoms with E-state index in [-0.39, 0.29) is 23.9 Å². The number of carbonyl (C=O) groups excluding carboxylic acids is 2. The lowest BCUT2D eigenvalue weighted by Crippen LogP contribution is -2.57. The van der Waals surface area contributed by atoms with Gasteiger partial charge >= 0.3 is 0 Å². The molecule has 2 amide bonds. The molecule has 1 aliphatic heterocycles. The zero-order chi connectivity index (χ0) is 22.3. The summed E-state index contributed by atoms with van der Waals surface area (Å²) in [5, 5.41) is 3.18. The van der Waals surface area contributed by atoms with Crippen molar-refractivity contribution in [3.05, 3.63) is 59.1 Å². The first kappa shape index (κ1) is 21.6. The SMILES string of the molecule is C[C@H](c1ccccc1)n1c(C(=O)N2CCN(C(=O)C(C)(C)C)[C@@H](C)C2)cc2ccsc21. The molecule has 4 rings (SSSR count). The van der Waals surface area contributed by atoms with Gasteiger partial charge in [-0.25, -0.2) is 0 Å². The summed E-state index contributed by atoms with van der Waals surface area (Å²) >= 11 is 1.67. The largest absolute Gasteiger partial charge is 0.336 e. The first-order valence-electron chi connectivity index (χ1n) is 10.9. The molecule has 0 radical (unpaired) electrons. The lowest BCUT2D eigenvalue weighted by atomic mass is 9.93. The normalized spacial score (nSPS) is 18.4. The molecule has 1 aromatic carbocycles. The Morgan fingerprint density at radius 1 is 1.10 bits per heavy atom. The Balaban J connectivity index is 1.62. The Hall–Kier alpha value is -2.60. The van der Waals surface area contributed by atoms with Gasteiger partial charge in [0, 0.05) is 36.5 Å². The second-order valence-corrected chi connectivity index (χ2v) is 10.4. The summed E-state index contributed by atoms with van der Waals surface area (Å²) in [5.41, 5.74) is 1.49. The highest BCUT2D eigenvalue weighted by atomic mass is 32.1. The lowest BCUT2D eigenvalue weighted by molar-refractivity contribution is -0.143. The van der Waals surface area contributed by atoms with Crippen LogP contribution in [0.15, 0.2) is 47.8 Å². The number of carbonyl (C=O) groups is 2. The van der Waals surface area contributed by atoms with E-state index >= 15 is 0 Å². The maximum Gasteiger partial charge on any atom is 0.270 e. The van der Waals surface area contributed by atoms with Crippen LogP contribution in [-0.4, -0.2) is 51.9 Å². The average Bonchev–Trinajstić information content (AvgIpc) is 3.33. The van der Waals surface area contributed by atoms with E-state index in [0.29, 0.717) is 19.6 Å². The van der Waals surface area contributed by atoms with Crippen molar-refractivity contribution in [1.82, 2.24) is 14.4 Å². The van der Waals surface area contributed by atoms with Crippen molar-refractivity contribution in [3.63, 3.8) is 0 Å². The zero-order valence-corrected chi connectivity index (χ0v) is 19.8. The van der Waals surface area contributed by atoms with Crippen molar-refractivity contribution in [2.24, 2.45) is 5.41 Å². The molecule has 164 valence electrons. The van der Waals surface area contributed by atoms with E-state index < -0.39 is 5.41 Å². The van der Waals surface area contributed by atoms with E-state index in [1.807, 2.05) is 61.8 Å². The molecule has 2 aromatic heterocycles. The fraction of sp³-hybridized carbons (Fsp3) is 0.440. The van der Waals surface area contributed by atoms with Gasteiger partial charge in [0.15, 0.2) is 0 Å². The maximum atomic E-state index is 13.6. The zero-order valence-electron chi connectivity index (χ0n) is 19.0. The van der Waals surface area contributed by atoms with Crippen LogP contribution in [-0.2, 0) is 4.79 Å².